The normalized spacial score (nSPS) is 15.9. The van der Waals surface area contributed by atoms with Crippen molar-refractivity contribution in [3.8, 4) is 0 Å². The van der Waals surface area contributed by atoms with E-state index in [0.29, 0.717) is 6.61 Å². The molecule has 5 heteroatoms. The number of pyridine rings is 1. The number of nitrogens with one attached hydrogen (secondary N) is 2. The Labute approximate surface area is 136 Å². The molecule has 1 aliphatic carbocycles. The number of fused-ring (bicyclic) bond motifs is 1. The molecule has 0 aliphatic heterocycles. The van der Waals surface area contributed by atoms with Crippen LogP contribution < -0.4 is 10.6 Å². The molecule has 1 heterocycles. The number of nitrogens with zero attached hydrogens (tertiary/aromatic N) is 1. The molecule has 0 saturated heterocycles. The van der Waals surface area contributed by atoms with Gasteiger partial charge in [-0.25, -0.2) is 4.79 Å². The minimum Gasteiger partial charge on any atom is -0.382 e. The highest BCUT2D eigenvalue weighted by Gasteiger charge is 2.38. The molecule has 2 aromatic rings. The maximum atomic E-state index is 12.4. The smallest absolute Gasteiger partial charge is 0.319 e. The Kier molecular flexibility index (Phi) is 4.48. The lowest BCUT2D eigenvalue weighted by Gasteiger charge is -2.41. The largest absolute Gasteiger partial charge is 0.382 e. The summed E-state index contributed by atoms with van der Waals surface area (Å²) in [4.78, 5) is 17.0. The summed E-state index contributed by atoms with van der Waals surface area (Å²) < 4.78 is 5.25. The van der Waals surface area contributed by atoms with Crippen molar-refractivity contribution in [2.24, 2.45) is 0 Å². The second kappa shape index (κ2) is 6.54. The Morgan fingerprint density at radius 3 is 2.78 bits per heavy atom. The molecule has 1 aliphatic rings. The third-order valence-corrected chi connectivity index (χ3v) is 4.49. The van der Waals surface area contributed by atoms with Gasteiger partial charge in [0.15, 0.2) is 0 Å². The summed E-state index contributed by atoms with van der Waals surface area (Å²) >= 11 is 0. The predicted molar refractivity (Wildman–Crippen MR) is 91.7 cm³/mol. The van der Waals surface area contributed by atoms with Crippen LogP contribution in [0.15, 0.2) is 30.3 Å². The molecule has 1 fully saturated rings. The molecule has 5 nitrogen and oxygen atoms in total. The lowest BCUT2D eigenvalue weighted by atomic mass is 9.77. The van der Waals surface area contributed by atoms with Crippen LogP contribution in [0.3, 0.4) is 0 Å². The van der Waals surface area contributed by atoms with Crippen LogP contribution in [0.25, 0.3) is 10.9 Å². The second-order valence-electron chi connectivity index (χ2n) is 6.18. The molecule has 0 unspecified atom stereocenters. The molecule has 1 aromatic carbocycles. The Morgan fingerprint density at radius 1 is 1.35 bits per heavy atom. The van der Waals surface area contributed by atoms with Crippen molar-refractivity contribution in [3.63, 3.8) is 0 Å². The number of carbonyl (C=O) groups is 1. The molecule has 2 amide bonds. The number of ether oxygens (including phenoxy) is 1. The Bertz CT molecular complexity index is 710. The van der Waals surface area contributed by atoms with Crippen molar-refractivity contribution in [3.05, 3.63) is 36.0 Å². The van der Waals surface area contributed by atoms with E-state index in [2.05, 4.69) is 22.5 Å². The molecule has 122 valence electrons. The lowest BCUT2D eigenvalue weighted by molar-refractivity contribution is 0.0648. The molecule has 1 saturated carbocycles. The van der Waals surface area contributed by atoms with Crippen LogP contribution in [0.5, 0.6) is 0 Å². The van der Waals surface area contributed by atoms with Crippen LogP contribution in [-0.4, -0.2) is 30.3 Å². The van der Waals surface area contributed by atoms with Gasteiger partial charge in [0.05, 0.1) is 23.3 Å². The number of hydrogen-bond acceptors (Lipinski definition) is 3. The fourth-order valence-electron chi connectivity index (χ4n) is 3.09. The maximum Gasteiger partial charge on any atom is 0.319 e. The number of aromatic nitrogens is 1. The zero-order chi connectivity index (χ0) is 16.3. The van der Waals surface area contributed by atoms with Crippen molar-refractivity contribution >= 4 is 22.6 Å². The number of benzene rings is 1. The number of hydrogen-bond donors (Lipinski definition) is 2. The number of urea groups is 1. The molecule has 3 rings (SSSR count). The van der Waals surface area contributed by atoms with Crippen molar-refractivity contribution in [1.82, 2.24) is 10.3 Å². The number of methoxy groups -OCH3 is 1. The summed E-state index contributed by atoms with van der Waals surface area (Å²) in [6.07, 6.45) is 3.88. The van der Waals surface area contributed by atoms with E-state index >= 15 is 0 Å². The van der Waals surface area contributed by atoms with Gasteiger partial charge in [0.2, 0.25) is 0 Å². The number of amides is 2. The number of carbonyl (C=O) groups excluding carboxylic acids is 1. The van der Waals surface area contributed by atoms with Crippen molar-refractivity contribution < 1.29 is 9.53 Å². The van der Waals surface area contributed by atoms with Crippen LogP contribution in [0.1, 0.15) is 31.9 Å². The van der Waals surface area contributed by atoms with E-state index < -0.39 is 0 Å². The van der Waals surface area contributed by atoms with Crippen LogP contribution in [0.4, 0.5) is 10.5 Å². The molecular weight excluding hydrogens is 290 g/mol. The van der Waals surface area contributed by atoms with E-state index in [1.807, 2.05) is 30.3 Å². The highest BCUT2D eigenvalue weighted by molar-refractivity contribution is 6.00. The van der Waals surface area contributed by atoms with E-state index in [4.69, 9.17) is 4.74 Å². The Hall–Kier alpha value is -2.14. The van der Waals surface area contributed by atoms with Gasteiger partial charge in [-0.05, 0) is 37.8 Å². The average molecular weight is 313 g/mol. The van der Waals surface area contributed by atoms with Crippen LogP contribution in [0.2, 0.25) is 0 Å². The first-order valence-corrected chi connectivity index (χ1v) is 8.12. The van der Waals surface area contributed by atoms with Gasteiger partial charge >= 0.3 is 6.03 Å². The average Bonchev–Trinajstić information content (AvgIpc) is 2.52. The van der Waals surface area contributed by atoms with Gasteiger partial charge in [0.1, 0.15) is 0 Å². The van der Waals surface area contributed by atoms with Gasteiger partial charge in [0, 0.05) is 18.2 Å². The SMILES string of the molecule is CCc1cc(NC(=O)NC2(COC)CCC2)c2ccccc2n1. The minimum absolute atomic E-state index is 0.180. The van der Waals surface area contributed by atoms with Gasteiger partial charge in [-0.2, -0.15) is 0 Å². The number of para-hydroxylation sites is 1. The van der Waals surface area contributed by atoms with Crippen molar-refractivity contribution in [1.29, 1.82) is 0 Å². The Morgan fingerprint density at radius 2 is 2.13 bits per heavy atom. The summed E-state index contributed by atoms with van der Waals surface area (Å²) in [5, 5.41) is 7.04. The van der Waals surface area contributed by atoms with Gasteiger partial charge in [0.25, 0.3) is 0 Å². The fourth-order valence-corrected chi connectivity index (χ4v) is 3.09. The molecule has 0 radical (unpaired) electrons. The summed E-state index contributed by atoms with van der Waals surface area (Å²) in [5.74, 6) is 0. The molecule has 0 atom stereocenters. The van der Waals surface area contributed by atoms with Gasteiger partial charge in [-0.1, -0.05) is 25.1 Å². The van der Waals surface area contributed by atoms with Crippen molar-refractivity contribution in [2.45, 2.75) is 38.1 Å². The zero-order valence-corrected chi connectivity index (χ0v) is 13.7. The summed E-state index contributed by atoms with van der Waals surface area (Å²) in [6, 6.07) is 9.63. The predicted octanol–water partition coefficient (Wildman–Crippen LogP) is 3.49. The first-order chi connectivity index (χ1) is 11.2. The molecule has 2 N–H and O–H groups in total. The first kappa shape index (κ1) is 15.7. The highest BCUT2D eigenvalue weighted by atomic mass is 16.5. The third-order valence-electron chi connectivity index (χ3n) is 4.49. The minimum atomic E-state index is -0.213. The van der Waals surface area contributed by atoms with Crippen LogP contribution in [0, 0.1) is 0 Å². The van der Waals surface area contributed by atoms with E-state index in [9.17, 15) is 4.79 Å². The fraction of sp³-hybridized carbons (Fsp3) is 0.444. The standard InChI is InChI=1S/C18H23N3O2/c1-3-13-11-16(14-7-4-5-8-15(14)19-13)20-17(22)21-18(12-23-2)9-6-10-18/h4-5,7-8,11H,3,6,9-10,12H2,1-2H3,(H2,19,20,21,22). The molecule has 0 bridgehead atoms. The topological polar surface area (TPSA) is 63.2 Å². The number of anilines is 1. The third kappa shape index (κ3) is 3.29. The molecule has 0 spiro atoms. The van der Waals surface area contributed by atoms with Crippen molar-refractivity contribution in [2.75, 3.05) is 19.0 Å². The lowest BCUT2D eigenvalue weighted by Crippen LogP contribution is -2.57. The first-order valence-electron chi connectivity index (χ1n) is 8.12. The number of aryl methyl sites for hydroxylation is 1. The summed E-state index contributed by atoms with van der Waals surface area (Å²) in [6.45, 7) is 2.61. The molecular formula is C18H23N3O2. The van der Waals surface area contributed by atoms with Gasteiger partial charge in [-0.15, -0.1) is 0 Å². The zero-order valence-electron chi connectivity index (χ0n) is 13.7. The van der Waals surface area contributed by atoms with Crippen LogP contribution >= 0.6 is 0 Å². The molecule has 1 aromatic heterocycles. The van der Waals surface area contributed by atoms with E-state index in [1.54, 1.807) is 7.11 Å². The van der Waals surface area contributed by atoms with E-state index in [0.717, 1.165) is 48.0 Å². The summed E-state index contributed by atoms with van der Waals surface area (Å²) in [5.41, 5.74) is 2.46. The van der Waals surface area contributed by atoms with Gasteiger partial charge < -0.3 is 15.4 Å². The van der Waals surface area contributed by atoms with E-state index in [1.165, 1.54) is 0 Å². The van der Waals surface area contributed by atoms with Gasteiger partial charge in [-0.3, -0.25) is 4.98 Å². The monoisotopic (exact) mass is 313 g/mol. The molecule has 23 heavy (non-hydrogen) atoms. The maximum absolute atomic E-state index is 12.4. The second-order valence-corrected chi connectivity index (χ2v) is 6.18. The van der Waals surface area contributed by atoms with E-state index in [-0.39, 0.29) is 11.6 Å². The summed E-state index contributed by atoms with van der Waals surface area (Å²) in [7, 11) is 1.67. The quantitative estimate of drug-likeness (QED) is 0.888. The Balaban J connectivity index is 1.81. The number of rotatable bonds is 5. The highest BCUT2D eigenvalue weighted by Crippen LogP contribution is 2.32. The van der Waals surface area contributed by atoms with Crippen LogP contribution in [-0.2, 0) is 11.2 Å².